The summed E-state index contributed by atoms with van der Waals surface area (Å²) in [5.41, 5.74) is 3.12. The first-order valence-corrected chi connectivity index (χ1v) is 11.5. The molecule has 1 spiro atoms. The van der Waals surface area contributed by atoms with Gasteiger partial charge in [0.2, 0.25) is 0 Å². The molecule has 1 aromatic heterocycles. The molecule has 4 N–H and O–H groups in total. The van der Waals surface area contributed by atoms with E-state index in [0.29, 0.717) is 6.42 Å². The summed E-state index contributed by atoms with van der Waals surface area (Å²) in [6.07, 6.45) is 2.79. The van der Waals surface area contributed by atoms with Gasteiger partial charge >= 0.3 is 0 Å². The van der Waals surface area contributed by atoms with Crippen molar-refractivity contribution in [1.29, 1.82) is 0 Å². The molecule has 1 amide bonds. The molecule has 0 unspecified atom stereocenters. The van der Waals surface area contributed by atoms with Crippen LogP contribution in [0.2, 0.25) is 0 Å². The fourth-order valence-electron chi connectivity index (χ4n) is 4.73. The number of nitrogens with one attached hydrogen (secondary N) is 2. The second-order valence-electron chi connectivity index (χ2n) is 8.23. The van der Waals surface area contributed by atoms with Crippen LogP contribution in [0.25, 0.3) is 0 Å². The van der Waals surface area contributed by atoms with Crippen LogP contribution in [0, 0.1) is 0 Å². The topological polar surface area (TPSA) is 108 Å². The zero-order valence-corrected chi connectivity index (χ0v) is 18.3. The van der Waals surface area contributed by atoms with Gasteiger partial charge in [0, 0.05) is 24.6 Å². The van der Waals surface area contributed by atoms with Crippen molar-refractivity contribution in [2.75, 3.05) is 19.7 Å². The van der Waals surface area contributed by atoms with Crippen LogP contribution < -0.4 is 10.6 Å². The number of rotatable bonds is 2. The molecule has 1 fully saturated rings. The fourth-order valence-corrected chi connectivity index (χ4v) is 5.87. The first-order chi connectivity index (χ1) is 14.9. The Kier molecular flexibility index (Phi) is 6.43. The number of aliphatic hydroxyl groups excluding tert-OH is 1. The first kappa shape index (κ1) is 22.0. The molecule has 0 radical (unpaired) electrons. The average molecular weight is 445 g/mol. The van der Waals surface area contributed by atoms with Crippen molar-refractivity contribution in [2.24, 2.45) is 0 Å². The van der Waals surface area contributed by atoms with Gasteiger partial charge < -0.3 is 25.6 Å². The van der Waals surface area contributed by atoms with E-state index in [1.165, 1.54) is 10.4 Å². The van der Waals surface area contributed by atoms with Gasteiger partial charge in [-0.3, -0.25) is 9.59 Å². The smallest absolute Gasteiger partial charge is 0.300 e. The predicted molar refractivity (Wildman–Crippen MR) is 117 cm³/mol. The minimum atomic E-state index is -0.833. The molecule has 1 aromatic carbocycles. The molecule has 0 bridgehead atoms. The summed E-state index contributed by atoms with van der Waals surface area (Å²) < 4.78 is 6.22. The second kappa shape index (κ2) is 9.08. The third-order valence-electron chi connectivity index (χ3n) is 6.13. The van der Waals surface area contributed by atoms with Crippen molar-refractivity contribution in [3.8, 4) is 0 Å². The number of benzene rings is 1. The maximum Gasteiger partial charge on any atom is 0.300 e. The maximum absolute atomic E-state index is 13.0. The van der Waals surface area contributed by atoms with Gasteiger partial charge in [0.25, 0.3) is 11.9 Å². The Morgan fingerprint density at radius 2 is 1.97 bits per heavy atom. The van der Waals surface area contributed by atoms with E-state index in [0.717, 1.165) is 61.9 Å². The number of thiophene rings is 1. The van der Waals surface area contributed by atoms with Crippen molar-refractivity contribution in [3.63, 3.8) is 0 Å². The van der Waals surface area contributed by atoms with E-state index in [9.17, 15) is 9.90 Å². The second-order valence-corrected chi connectivity index (χ2v) is 9.37. The zero-order chi connectivity index (χ0) is 22.0. The molecular weight excluding hydrogens is 416 g/mol. The first-order valence-electron chi connectivity index (χ1n) is 10.6. The molecule has 3 aliphatic rings. The Morgan fingerprint density at radius 1 is 1.26 bits per heavy atom. The molecule has 1 aliphatic carbocycles. The van der Waals surface area contributed by atoms with Crippen LogP contribution in [0.3, 0.4) is 0 Å². The number of amides is 1. The number of aliphatic hydroxyl groups is 1. The van der Waals surface area contributed by atoms with Crippen LogP contribution in [0.4, 0.5) is 0 Å². The Morgan fingerprint density at radius 3 is 2.71 bits per heavy atom. The number of carboxylic acid groups (broad SMARTS) is 1. The van der Waals surface area contributed by atoms with E-state index in [-0.39, 0.29) is 17.6 Å². The molecule has 2 atom stereocenters. The fraction of sp³-hybridized carbons (Fsp3) is 0.478. The summed E-state index contributed by atoms with van der Waals surface area (Å²) in [6, 6.07) is 9.64. The van der Waals surface area contributed by atoms with Crippen molar-refractivity contribution in [3.05, 3.63) is 56.8 Å². The van der Waals surface area contributed by atoms with Gasteiger partial charge in [-0.1, -0.05) is 24.3 Å². The lowest BCUT2D eigenvalue weighted by atomic mass is 9.83. The van der Waals surface area contributed by atoms with Gasteiger partial charge in [-0.15, -0.1) is 11.3 Å². The highest BCUT2D eigenvalue weighted by atomic mass is 32.1. The summed E-state index contributed by atoms with van der Waals surface area (Å²) in [4.78, 5) is 24.0. The lowest BCUT2D eigenvalue weighted by Gasteiger charge is -2.40. The number of carbonyl (C=O) groups excluding carboxylic acids is 1. The number of ether oxygens (including phenoxy) is 1. The van der Waals surface area contributed by atoms with E-state index < -0.39 is 12.1 Å². The average Bonchev–Trinajstić information content (AvgIpc) is 3.31. The highest BCUT2D eigenvalue weighted by Crippen LogP contribution is 2.43. The van der Waals surface area contributed by atoms with E-state index in [1.54, 1.807) is 11.3 Å². The number of carboxylic acids is 1. The molecule has 2 aliphatic heterocycles. The quantitative estimate of drug-likeness (QED) is 0.567. The van der Waals surface area contributed by atoms with Crippen molar-refractivity contribution < 1.29 is 24.5 Å². The number of carbonyl (C=O) groups is 2. The zero-order valence-electron chi connectivity index (χ0n) is 17.5. The van der Waals surface area contributed by atoms with Crippen molar-refractivity contribution in [1.82, 2.24) is 10.6 Å². The molecule has 5 rings (SSSR count). The number of hydrogen-bond donors (Lipinski definition) is 4. The van der Waals surface area contributed by atoms with Crippen LogP contribution in [0.1, 0.15) is 57.0 Å². The van der Waals surface area contributed by atoms with E-state index in [1.807, 2.05) is 30.3 Å². The molecule has 166 valence electrons. The van der Waals surface area contributed by atoms with Crippen LogP contribution in [-0.2, 0) is 28.0 Å². The molecule has 2 aromatic rings. The van der Waals surface area contributed by atoms with Crippen LogP contribution in [0.5, 0.6) is 0 Å². The highest BCUT2D eigenvalue weighted by Gasteiger charge is 2.41. The molecule has 7 nitrogen and oxygen atoms in total. The lowest BCUT2D eigenvalue weighted by molar-refractivity contribution is -0.134. The van der Waals surface area contributed by atoms with Gasteiger partial charge in [0.1, 0.15) is 0 Å². The molecular formula is C23H28N2O5S. The third-order valence-corrected chi connectivity index (χ3v) is 7.33. The lowest BCUT2D eigenvalue weighted by Crippen LogP contribution is -2.44. The molecule has 3 heterocycles. The molecule has 8 heteroatoms. The molecule has 1 saturated heterocycles. The van der Waals surface area contributed by atoms with Gasteiger partial charge in [-0.25, -0.2) is 0 Å². The number of aliphatic carboxylic acids is 1. The minimum absolute atomic E-state index is 0.0979. The van der Waals surface area contributed by atoms with Gasteiger partial charge in [0.05, 0.1) is 29.2 Å². The van der Waals surface area contributed by atoms with Crippen LogP contribution in [0.15, 0.2) is 30.3 Å². The van der Waals surface area contributed by atoms with Crippen molar-refractivity contribution in [2.45, 2.75) is 50.4 Å². The summed E-state index contributed by atoms with van der Waals surface area (Å²) >= 11 is 1.58. The monoisotopic (exact) mass is 444 g/mol. The maximum atomic E-state index is 13.0. The summed E-state index contributed by atoms with van der Waals surface area (Å²) in [5, 5.41) is 24.3. The highest BCUT2D eigenvalue weighted by molar-refractivity contribution is 7.14. The largest absolute Gasteiger partial charge is 0.481 e. The summed E-state index contributed by atoms with van der Waals surface area (Å²) in [7, 11) is 0. The van der Waals surface area contributed by atoms with Gasteiger partial charge in [-0.2, -0.15) is 0 Å². The molecule has 0 saturated carbocycles. The van der Waals surface area contributed by atoms with Crippen molar-refractivity contribution >= 4 is 23.2 Å². The number of piperidine rings is 1. The minimum Gasteiger partial charge on any atom is -0.481 e. The molecule has 31 heavy (non-hydrogen) atoms. The van der Waals surface area contributed by atoms with E-state index >= 15 is 0 Å². The third kappa shape index (κ3) is 4.52. The predicted octanol–water partition coefficient (Wildman–Crippen LogP) is 2.38. The summed E-state index contributed by atoms with van der Waals surface area (Å²) in [5.74, 6) is -0.931. The number of hydrogen-bond acceptors (Lipinski definition) is 6. The van der Waals surface area contributed by atoms with Gasteiger partial charge in [0.15, 0.2) is 0 Å². The van der Waals surface area contributed by atoms with Gasteiger partial charge in [-0.05, 0) is 48.7 Å². The normalized spacial score (nSPS) is 23.3. The Labute approximate surface area is 185 Å². The van der Waals surface area contributed by atoms with E-state index in [4.69, 9.17) is 14.6 Å². The SMILES string of the molecule is CC(=O)O.O=C(N[C@@H]1c2ccccc2C[C@@H]1O)c1cc2c(s1)CCOC21CCNCC1. The standard InChI is InChI=1S/C21H24N2O3S.C2H4O2/c24-16-11-13-3-1-2-4-14(13)19(16)23-20(25)18-12-15-17(27-18)5-10-26-21(15)6-8-22-9-7-21;1-2(3)4/h1-4,12,16,19,22,24H,5-11H2,(H,23,25);1H3,(H,3,4)/t16-,19+;/m0./s1. The Hall–Kier alpha value is -2.26. The number of fused-ring (bicyclic) bond motifs is 3. The Bertz CT molecular complexity index is 963. The summed E-state index contributed by atoms with van der Waals surface area (Å²) in [6.45, 7) is 3.70. The van der Waals surface area contributed by atoms with Crippen LogP contribution in [-0.4, -0.2) is 47.9 Å². The Balaban J connectivity index is 0.000000535. The van der Waals surface area contributed by atoms with Crippen LogP contribution >= 0.6 is 11.3 Å². The van der Waals surface area contributed by atoms with E-state index in [2.05, 4.69) is 10.6 Å².